The van der Waals surface area contributed by atoms with Crippen LogP contribution in [-0.2, 0) is 11.3 Å². The van der Waals surface area contributed by atoms with Crippen LogP contribution in [0.1, 0.15) is 42.8 Å². The number of carbonyl (C=O) groups is 1. The number of amides is 1. The molecule has 1 aromatic rings. The minimum Gasteiger partial charge on any atom is -0.348 e. The highest BCUT2D eigenvalue weighted by molar-refractivity contribution is 7.09. The van der Waals surface area contributed by atoms with Crippen LogP contribution in [0.5, 0.6) is 0 Å². The van der Waals surface area contributed by atoms with Gasteiger partial charge in [0.2, 0.25) is 5.91 Å². The third-order valence-corrected chi connectivity index (χ3v) is 5.23. The van der Waals surface area contributed by atoms with Crippen LogP contribution in [0.4, 0.5) is 0 Å². The number of thiazole rings is 1. The fraction of sp³-hybridized carbons (Fsp3) is 0.714. The Labute approximate surface area is 142 Å². The van der Waals surface area contributed by atoms with E-state index in [1.807, 2.05) is 12.3 Å². The molecule has 0 bridgehead atoms. The van der Waals surface area contributed by atoms with Gasteiger partial charge in [-0.3, -0.25) is 4.79 Å². The monoisotopic (exact) mass is 351 g/mol. The van der Waals surface area contributed by atoms with Crippen LogP contribution in [0.2, 0.25) is 0 Å². The average molecular weight is 352 g/mol. The minimum atomic E-state index is 0. The van der Waals surface area contributed by atoms with Gasteiger partial charge in [0.1, 0.15) is 5.01 Å². The van der Waals surface area contributed by atoms with Gasteiger partial charge in [0.25, 0.3) is 0 Å². The van der Waals surface area contributed by atoms with E-state index in [0.29, 0.717) is 18.5 Å². The number of carbonyl (C=O) groups excluding carboxylic acids is 1. The van der Waals surface area contributed by atoms with Gasteiger partial charge in [-0.15, -0.1) is 36.2 Å². The first-order chi connectivity index (χ1) is 9.22. The fourth-order valence-electron chi connectivity index (χ4n) is 3.29. The van der Waals surface area contributed by atoms with E-state index in [0.717, 1.165) is 17.1 Å². The molecule has 2 heterocycles. The maximum absolute atomic E-state index is 12.2. The van der Waals surface area contributed by atoms with Gasteiger partial charge in [0.05, 0.1) is 12.6 Å². The van der Waals surface area contributed by atoms with Crippen molar-refractivity contribution < 1.29 is 4.79 Å². The molecule has 1 aliphatic heterocycles. The van der Waals surface area contributed by atoms with Gasteiger partial charge in [-0.05, 0) is 32.1 Å². The molecule has 0 radical (unpaired) electrons. The topological polar surface area (TPSA) is 54.0 Å². The lowest BCUT2D eigenvalue weighted by atomic mass is 9.85. The average Bonchev–Trinajstić information content (AvgIpc) is 3.01. The van der Waals surface area contributed by atoms with E-state index in [1.54, 1.807) is 11.3 Å². The quantitative estimate of drug-likeness (QED) is 0.880. The van der Waals surface area contributed by atoms with Crippen LogP contribution < -0.4 is 10.6 Å². The molecule has 1 saturated heterocycles. The van der Waals surface area contributed by atoms with Gasteiger partial charge < -0.3 is 10.6 Å². The lowest BCUT2D eigenvalue weighted by molar-refractivity contribution is -0.123. The summed E-state index contributed by atoms with van der Waals surface area (Å²) < 4.78 is 0. The predicted octanol–water partition coefficient (Wildman–Crippen LogP) is 2.83. The zero-order valence-electron chi connectivity index (χ0n) is 12.1. The van der Waals surface area contributed by atoms with Gasteiger partial charge in [0, 0.05) is 17.1 Å². The first kappa shape index (κ1) is 18.7. The third kappa shape index (κ3) is 4.55. The van der Waals surface area contributed by atoms with Crippen molar-refractivity contribution in [1.29, 1.82) is 0 Å². The maximum atomic E-state index is 12.2. The van der Waals surface area contributed by atoms with E-state index in [-0.39, 0.29) is 36.8 Å². The molecular formula is C14H23Cl2N3OS. The molecule has 1 aromatic heterocycles. The van der Waals surface area contributed by atoms with Gasteiger partial charge >= 0.3 is 0 Å². The van der Waals surface area contributed by atoms with E-state index >= 15 is 0 Å². The Balaban J connectivity index is 0.00000110. The molecular weight excluding hydrogens is 329 g/mol. The molecule has 3 unspecified atom stereocenters. The summed E-state index contributed by atoms with van der Waals surface area (Å²) in [6.07, 6.45) is 6.16. The zero-order chi connectivity index (χ0) is 13.2. The Kier molecular flexibility index (Phi) is 7.40. The smallest absolute Gasteiger partial charge is 0.237 e. The normalized spacial score (nSPS) is 27.2. The Morgan fingerprint density at radius 3 is 2.86 bits per heavy atom. The SMILES string of the molecule is Cc1csc(CNC(=O)C2CC3CCCCC3N2)n1.Cl.Cl. The van der Waals surface area contributed by atoms with E-state index in [2.05, 4.69) is 15.6 Å². The maximum Gasteiger partial charge on any atom is 0.237 e. The van der Waals surface area contributed by atoms with Gasteiger partial charge in [-0.25, -0.2) is 4.98 Å². The molecule has 1 aliphatic carbocycles. The summed E-state index contributed by atoms with van der Waals surface area (Å²) >= 11 is 1.61. The summed E-state index contributed by atoms with van der Waals surface area (Å²) in [5.74, 6) is 0.855. The first-order valence-electron chi connectivity index (χ1n) is 7.17. The minimum absolute atomic E-state index is 0. The van der Waals surface area contributed by atoms with Crippen LogP contribution in [0, 0.1) is 12.8 Å². The second kappa shape index (κ2) is 8.32. The molecule has 2 fully saturated rings. The Bertz CT molecular complexity index is 455. The number of aromatic nitrogens is 1. The molecule has 7 heteroatoms. The number of rotatable bonds is 3. The molecule has 21 heavy (non-hydrogen) atoms. The molecule has 1 amide bonds. The zero-order valence-corrected chi connectivity index (χ0v) is 14.6. The molecule has 0 aromatic carbocycles. The second-order valence-corrected chi connectivity index (χ2v) is 6.65. The molecule has 2 N–H and O–H groups in total. The van der Waals surface area contributed by atoms with E-state index in [9.17, 15) is 4.79 Å². The number of nitrogens with zero attached hydrogens (tertiary/aromatic N) is 1. The summed E-state index contributed by atoms with van der Waals surface area (Å²) in [5.41, 5.74) is 1.03. The molecule has 4 nitrogen and oxygen atoms in total. The summed E-state index contributed by atoms with van der Waals surface area (Å²) in [5, 5.41) is 9.52. The highest BCUT2D eigenvalue weighted by Crippen LogP contribution is 2.33. The Morgan fingerprint density at radius 1 is 1.43 bits per heavy atom. The van der Waals surface area contributed by atoms with Crippen molar-refractivity contribution in [3.8, 4) is 0 Å². The van der Waals surface area contributed by atoms with Crippen LogP contribution in [0.15, 0.2) is 5.38 Å². The third-order valence-electron chi connectivity index (χ3n) is 4.26. The van der Waals surface area contributed by atoms with Crippen molar-refractivity contribution in [2.45, 2.75) is 57.7 Å². The molecule has 3 rings (SSSR count). The lowest BCUT2D eigenvalue weighted by Crippen LogP contribution is -2.42. The molecule has 1 saturated carbocycles. The molecule has 3 atom stereocenters. The summed E-state index contributed by atoms with van der Waals surface area (Å²) in [6.45, 7) is 2.54. The fourth-order valence-corrected chi connectivity index (χ4v) is 4.00. The van der Waals surface area contributed by atoms with Gasteiger partial charge in [-0.2, -0.15) is 0 Å². The van der Waals surface area contributed by atoms with Crippen LogP contribution in [0.3, 0.4) is 0 Å². The summed E-state index contributed by atoms with van der Waals surface area (Å²) in [4.78, 5) is 16.5. The van der Waals surface area contributed by atoms with Crippen LogP contribution in [-0.4, -0.2) is 23.0 Å². The number of halogens is 2. The van der Waals surface area contributed by atoms with Crippen molar-refractivity contribution in [3.63, 3.8) is 0 Å². The van der Waals surface area contributed by atoms with Crippen molar-refractivity contribution in [2.75, 3.05) is 0 Å². The van der Waals surface area contributed by atoms with Crippen molar-refractivity contribution in [2.24, 2.45) is 5.92 Å². The lowest BCUT2D eigenvalue weighted by Gasteiger charge is -2.24. The number of nitrogens with one attached hydrogen (secondary N) is 2. The number of aryl methyl sites for hydroxylation is 1. The molecule has 2 aliphatic rings. The Morgan fingerprint density at radius 2 is 2.19 bits per heavy atom. The second-order valence-electron chi connectivity index (χ2n) is 5.71. The number of hydrogen-bond donors (Lipinski definition) is 2. The van der Waals surface area contributed by atoms with Crippen LogP contribution >= 0.6 is 36.2 Å². The van der Waals surface area contributed by atoms with Gasteiger partial charge in [0.15, 0.2) is 0 Å². The first-order valence-corrected chi connectivity index (χ1v) is 8.05. The highest BCUT2D eigenvalue weighted by atomic mass is 35.5. The molecule has 120 valence electrons. The van der Waals surface area contributed by atoms with Gasteiger partial charge in [-0.1, -0.05) is 12.8 Å². The number of fused-ring (bicyclic) bond motifs is 1. The summed E-state index contributed by atoms with van der Waals surface area (Å²) in [7, 11) is 0. The number of hydrogen-bond acceptors (Lipinski definition) is 4. The Hall–Kier alpha value is -0.360. The molecule has 0 spiro atoms. The van der Waals surface area contributed by atoms with Crippen molar-refractivity contribution in [1.82, 2.24) is 15.6 Å². The standard InChI is InChI=1S/C14H21N3OS.2ClH/c1-9-8-19-13(16-9)7-15-14(18)12-6-10-4-2-3-5-11(10)17-12;;/h8,10-12,17H,2-7H2,1H3,(H,15,18);2*1H. The van der Waals surface area contributed by atoms with E-state index in [4.69, 9.17) is 0 Å². The highest BCUT2D eigenvalue weighted by Gasteiger charge is 2.37. The predicted molar refractivity (Wildman–Crippen MR) is 90.5 cm³/mol. The largest absolute Gasteiger partial charge is 0.348 e. The van der Waals surface area contributed by atoms with E-state index in [1.165, 1.54) is 25.7 Å². The van der Waals surface area contributed by atoms with E-state index < -0.39 is 0 Å². The van der Waals surface area contributed by atoms with Crippen molar-refractivity contribution in [3.05, 3.63) is 16.1 Å². The van der Waals surface area contributed by atoms with Crippen LogP contribution in [0.25, 0.3) is 0 Å². The van der Waals surface area contributed by atoms with Crippen molar-refractivity contribution >= 4 is 42.1 Å². The summed E-state index contributed by atoms with van der Waals surface area (Å²) in [6, 6.07) is 0.584.